The van der Waals surface area contributed by atoms with Crippen LogP contribution in [0.25, 0.3) is 11.1 Å². The van der Waals surface area contributed by atoms with Crippen molar-refractivity contribution in [2.75, 3.05) is 19.7 Å². The van der Waals surface area contributed by atoms with Gasteiger partial charge < -0.3 is 19.7 Å². The van der Waals surface area contributed by atoms with E-state index in [-0.39, 0.29) is 11.3 Å². The van der Waals surface area contributed by atoms with Gasteiger partial charge in [0.05, 0.1) is 5.56 Å². The Morgan fingerprint density at radius 2 is 1.86 bits per heavy atom. The predicted molar refractivity (Wildman–Crippen MR) is 144 cm³/mol. The summed E-state index contributed by atoms with van der Waals surface area (Å²) in [6, 6.07) is 20.2. The summed E-state index contributed by atoms with van der Waals surface area (Å²) in [4.78, 5) is 14.6. The molecule has 0 amide bonds. The number of carbonyl (C=O) groups is 1. The molecule has 5 rings (SSSR count). The van der Waals surface area contributed by atoms with Crippen LogP contribution in [0.1, 0.15) is 60.3 Å². The molecule has 2 N–H and O–H groups in total. The number of rotatable bonds is 7. The molecule has 6 nitrogen and oxygen atoms in total. The zero-order chi connectivity index (χ0) is 26.1. The topological polar surface area (TPSA) is 79.2 Å². The van der Waals surface area contributed by atoms with Gasteiger partial charge in [0.15, 0.2) is 0 Å². The lowest BCUT2D eigenvalue weighted by Gasteiger charge is -2.31. The summed E-state index contributed by atoms with van der Waals surface area (Å²) in [6.45, 7) is 9.30. The number of carboxylic acids is 1. The van der Waals surface area contributed by atoms with Gasteiger partial charge in [0.25, 0.3) is 0 Å². The molecular weight excluding hydrogens is 466 g/mol. The molecule has 2 heterocycles. The van der Waals surface area contributed by atoms with E-state index in [0.29, 0.717) is 24.0 Å². The van der Waals surface area contributed by atoms with Crippen molar-refractivity contribution in [1.82, 2.24) is 4.90 Å². The van der Waals surface area contributed by atoms with Crippen molar-refractivity contribution < 1.29 is 24.5 Å². The van der Waals surface area contributed by atoms with Crippen molar-refractivity contribution in [1.29, 1.82) is 0 Å². The summed E-state index contributed by atoms with van der Waals surface area (Å²) in [7, 11) is 0. The van der Waals surface area contributed by atoms with E-state index in [4.69, 9.17) is 9.47 Å². The lowest BCUT2D eigenvalue weighted by molar-refractivity contribution is 0.0696. The highest BCUT2D eigenvalue weighted by Gasteiger charge is 2.31. The lowest BCUT2D eigenvalue weighted by Crippen LogP contribution is -2.35. The minimum absolute atomic E-state index is 0.130. The van der Waals surface area contributed by atoms with Gasteiger partial charge in [-0.15, -0.1) is 0 Å². The Kier molecular flexibility index (Phi) is 6.94. The summed E-state index contributed by atoms with van der Waals surface area (Å²) in [5.41, 5.74) is 4.07. The molecule has 192 valence electrons. The normalized spacial score (nSPS) is 20.3. The highest BCUT2D eigenvalue weighted by Crippen LogP contribution is 2.48. The smallest absolute Gasteiger partial charge is 0.336 e. The Balaban J connectivity index is 1.45. The molecule has 1 unspecified atom stereocenters. The van der Waals surface area contributed by atoms with E-state index >= 15 is 0 Å². The van der Waals surface area contributed by atoms with E-state index in [1.807, 2.05) is 43.3 Å². The zero-order valence-electron chi connectivity index (χ0n) is 21.5. The molecule has 1 saturated heterocycles. The fourth-order valence-electron chi connectivity index (χ4n) is 5.35. The van der Waals surface area contributed by atoms with Crippen LogP contribution in [0, 0.1) is 5.92 Å². The first-order valence-corrected chi connectivity index (χ1v) is 12.8. The third-order valence-electron chi connectivity index (χ3n) is 7.48. The van der Waals surface area contributed by atoms with E-state index in [9.17, 15) is 15.0 Å². The second kappa shape index (κ2) is 10.3. The summed E-state index contributed by atoms with van der Waals surface area (Å²) in [6.07, 6.45) is 0.722. The number of ether oxygens (including phenoxy) is 2. The number of nitrogens with zero attached hydrogens (tertiary/aromatic N) is 1. The number of phenols is 1. The van der Waals surface area contributed by atoms with Gasteiger partial charge >= 0.3 is 5.97 Å². The molecule has 0 saturated carbocycles. The number of allylic oxidation sites excluding steroid dienone is 1. The van der Waals surface area contributed by atoms with Gasteiger partial charge in [0.1, 0.15) is 30.0 Å². The summed E-state index contributed by atoms with van der Waals surface area (Å²) < 4.78 is 12.6. The van der Waals surface area contributed by atoms with Gasteiger partial charge in [-0.25, -0.2) is 4.79 Å². The second-order valence-electron chi connectivity index (χ2n) is 10.2. The fraction of sp³-hybridized carbons (Fsp3) is 0.323. The molecule has 2 aliphatic rings. The third kappa shape index (κ3) is 5.07. The van der Waals surface area contributed by atoms with Crippen LogP contribution in [-0.2, 0) is 0 Å². The van der Waals surface area contributed by atoms with Crippen molar-refractivity contribution in [3.63, 3.8) is 0 Å². The van der Waals surface area contributed by atoms with E-state index in [2.05, 4.69) is 18.7 Å². The Morgan fingerprint density at radius 1 is 1.11 bits per heavy atom. The average molecular weight is 500 g/mol. The van der Waals surface area contributed by atoms with Crippen LogP contribution >= 0.6 is 0 Å². The number of fused-ring (bicyclic) bond motifs is 1. The molecule has 37 heavy (non-hydrogen) atoms. The van der Waals surface area contributed by atoms with Gasteiger partial charge in [-0.05, 0) is 85.8 Å². The number of benzene rings is 3. The van der Waals surface area contributed by atoms with Crippen LogP contribution in [0.15, 0.2) is 66.7 Å². The number of likely N-dealkylation sites (tertiary alicyclic amines) is 1. The van der Waals surface area contributed by atoms with Crippen molar-refractivity contribution in [3.8, 4) is 17.2 Å². The predicted octanol–water partition coefficient (Wildman–Crippen LogP) is 6.26. The lowest BCUT2D eigenvalue weighted by atomic mass is 9.84. The monoisotopic (exact) mass is 499 g/mol. The second-order valence-corrected chi connectivity index (χ2v) is 10.2. The molecule has 3 aromatic rings. The average Bonchev–Trinajstić information content (AvgIpc) is 3.34. The van der Waals surface area contributed by atoms with E-state index < -0.39 is 12.1 Å². The SMILES string of the molecule is CC1=C(c2ccccc2C(=O)O)C(c2ccc(OC[C@H](C)N3CC[C@@H](C)C3)cc2)Oc2ccc(O)cc21. The molecule has 0 spiro atoms. The van der Waals surface area contributed by atoms with Gasteiger partial charge in [0.2, 0.25) is 0 Å². The number of phenolic OH excluding ortho intramolecular Hbond substituents is 1. The first kappa shape index (κ1) is 24.9. The maximum absolute atomic E-state index is 12.1. The standard InChI is InChI=1S/C31H33NO5/c1-19-14-15-32(17-19)20(2)18-36-24-11-8-22(9-12-24)30-29(25-6-4-5-7-26(25)31(34)35)21(3)27-16-23(33)10-13-28(27)37-30/h4-13,16,19-20,30,33H,14-15,17-18H2,1-3H3,(H,34,35)/t19-,20+,30?/m1/s1. The van der Waals surface area contributed by atoms with Gasteiger partial charge in [-0.3, -0.25) is 4.90 Å². The Bertz CT molecular complexity index is 1330. The molecular formula is C31H33NO5. The maximum atomic E-state index is 12.1. The Morgan fingerprint density at radius 3 is 2.57 bits per heavy atom. The first-order valence-electron chi connectivity index (χ1n) is 12.8. The highest BCUT2D eigenvalue weighted by molar-refractivity contribution is 6.02. The zero-order valence-corrected chi connectivity index (χ0v) is 21.5. The van der Waals surface area contributed by atoms with Crippen LogP contribution in [0.2, 0.25) is 0 Å². The van der Waals surface area contributed by atoms with Gasteiger partial charge in [-0.2, -0.15) is 0 Å². The van der Waals surface area contributed by atoms with Crippen LogP contribution in [-0.4, -0.2) is 46.8 Å². The molecule has 0 aliphatic carbocycles. The maximum Gasteiger partial charge on any atom is 0.336 e. The molecule has 6 heteroatoms. The number of aromatic hydroxyl groups is 1. The van der Waals surface area contributed by atoms with Gasteiger partial charge in [-0.1, -0.05) is 37.3 Å². The largest absolute Gasteiger partial charge is 0.508 e. The van der Waals surface area contributed by atoms with Crippen molar-refractivity contribution in [2.24, 2.45) is 5.92 Å². The van der Waals surface area contributed by atoms with Crippen LogP contribution < -0.4 is 9.47 Å². The number of aromatic carboxylic acids is 1. The van der Waals surface area contributed by atoms with E-state index in [0.717, 1.165) is 47.0 Å². The number of hydrogen-bond acceptors (Lipinski definition) is 5. The molecule has 0 radical (unpaired) electrons. The highest BCUT2D eigenvalue weighted by atomic mass is 16.5. The van der Waals surface area contributed by atoms with Crippen molar-refractivity contribution in [2.45, 2.75) is 39.3 Å². The van der Waals surface area contributed by atoms with Crippen LogP contribution in [0.5, 0.6) is 17.2 Å². The minimum atomic E-state index is -0.999. The molecule has 1 fully saturated rings. The van der Waals surface area contributed by atoms with Crippen molar-refractivity contribution >= 4 is 17.1 Å². The summed E-state index contributed by atoms with van der Waals surface area (Å²) >= 11 is 0. The van der Waals surface area contributed by atoms with Crippen LogP contribution in [0.3, 0.4) is 0 Å². The minimum Gasteiger partial charge on any atom is -0.508 e. The summed E-state index contributed by atoms with van der Waals surface area (Å²) in [5, 5.41) is 20.0. The van der Waals surface area contributed by atoms with Crippen LogP contribution in [0.4, 0.5) is 0 Å². The molecule has 3 atom stereocenters. The molecule has 2 aliphatic heterocycles. The Hall–Kier alpha value is -3.77. The molecule has 0 aromatic heterocycles. The first-order chi connectivity index (χ1) is 17.8. The molecule has 0 bridgehead atoms. The summed E-state index contributed by atoms with van der Waals surface area (Å²) in [5.74, 6) is 1.30. The van der Waals surface area contributed by atoms with Gasteiger partial charge in [0, 0.05) is 23.7 Å². The number of hydrogen-bond donors (Lipinski definition) is 2. The van der Waals surface area contributed by atoms with Crippen molar-refractivity contribution in [3.05, 3.63) is 89.0 Å². The van der Waals surface area contributed by atoms with E-state index in [1.54, 1.807) is 30.3 Å². The van der Waals surface area contributed by atoms with E-state index in [1.165, 1.54) is 6.42 Å². The number of carboxylic acid groups (broad SMARTS) is 1. The quantitative estimate of drug-likeness (QED) is 0.399. The third-order valence-corrected chi connectivity index (χ3v) is 7.48. The fourth-order valence-corrected chi connectivity index (χ4v) is 5.35. The Labute approximate surface area is 217 Å². The molecule has 3 aromatic carbocycles.